The van der Waals surface area contributed by atoms with Gasteiger partial charge in [0.15, 0.2) is 0 Å². The number of hydrogen-bond acceptors (Lipinski definition) is 2. The maximum Gasteiger partial charge on any atom is 0.242 e. The second-order valence-electron chi connectivity index (χ2n) is 4.10. The molecule has 2 aromatic rings. The highest BCUT2D eigenvalue weighted by atomic mass is 35.5. The molecule has 1 N–H and O–H groups in total. The average Bonchev–Trinajstić information content (AvgIpc) is 2.43. The van der Waals surface area contributed by atoms with E-state index in [-0.39, 0.29) is 5.91 Å². The van der Waals surface area contributed by atoms with Crippen LogP contribution in [0.5, 0.6) is 0 Å². The van der Waals surface area contributed by atoms with Crippen LogP contribution in [0.15, 0.2) is 36.7 Å². The number of pyridine rings is 1. The number of aromatic nitrogens is 1. The first-order chi connectivity index (χ1) is 8.74. The van der Waals surface area contributed by atoms with Crippen LogP contribution in [0.2, 0.25) is 0 Å². The Hall–Kier alpha value is -1.61. The minimum atomic E-state index is -0.699. The lowest BCUT2D eigenvalue weighted by molar-refractivity contribution is -0.120. The average molecular weight is 263 g/mol. The van der Waals surface area contributed by atoms with Gasteiger partial charge in [-0.05, 0) is 11.8 Å². The van der Waals surface area contributed by atoms with Gasteiger partial charge in [0.1, 0.15) is 5.38 Å². The molecule has 0 bridgehead atoms. The predicted molar refractivity (Wildman–Crippen MR) is 73.6 cm³/mol. The molecule has 0 spiro atoms. The van der Waals surface area contributed by atoms with E-state index in [4.69, 9.17) is 11.6 Å². The van der Waals surface area contributed by atoms with E-state index in [9.17, 15) is 4.79 Å². The van der Waals surface area contributed by atoms with Crippen LogP contribution in [0.3, 0.4) is 0 Å². The molecule has 1 aromatic heterocycles. The Morgan fingerprint density at radius 1 is 1.39 bits per heavy atom. The maximum absolute atomic E-state index is 11.9. The molecule has 1 amide bonds. The second kappa shape index (κ2) is 5.83. The van der Waals surface area contributed by atoms with Gasteiger partial charge in [-0.1, -0.05) is 31.2 Å². The number of halogens is 1. The number of nitrogens with zero attached hydrogens (tertiary/aromatic N) is 1. The van der Waals surface area contributed by atoms with E-state index in [2.05, 4.69) is 10.3 Å². The Morgan fingerprint density at radius 3 is 2.94 bits per heavy atom. The topological polar surface area (TPSA) is 42.0 Å². The van der Waals surface area contributed by atoms with Crippen molar-refractivity contribution in [2.75, 3.05) is 6.54 Å². The fourth-order valence-electron chi connectivity index (χ4n) is 1.82. The summed E-state index contributed by atoms with van der Waals surface area (Å²) in [7, 11) is 0. The summed E-state index contributed by atoms with van der Waals surface area (Å²) in [4.78, 5) is 16.0. The van der Waals surface area contributed by atoms with E-state index < -0.39 is 5.38 Å². The first-order valence-corrected chi connectivity index (χ1v) is 6.42. The highest BCUT2D eigenvalue weighted by Gasteiger charge is 2.19. The third kappa shape index (κ3) is 2.62. The lowest BCUT2D eigenvalue weighted by Crippen LogP contribution is -2.27. The van der Waals surface area contributed by atoms with E-state index in [1.54, 1.807) is 12.4 Å². The molecule has 1 heterocycles. The molecule has 94 valence electrons. The van der Waals surface area contributed by atoms with Crippen LogP contribution in [0.25, 0.3) is 10.8 Å². The fraction of sp³-hybridized carbons (Fsp3) is 0.286. The number of benzene rings is 1. The maximum atomic E-state index is 11.9. The van der Waals surface area contributed by atoms with Gasteiger partial charge in [0, 0.05) is 29.9 Å². The van der Waals surface area contributed by atoms with Gasteiger partial charge in [-0.25, -0.2) is 0 Å². The van der Waals surface area contributed by atoms with Gasteiger partial charge in [0.05, 0.1) is 0 Å². The molecule has 0 aliphatic rings. The van der Waals surface area contributed by atoms with Gasteiger partial charge in [0.2, 0.25) is 5.91 Å². The van der Waals surface area contributed by atoms with Gasteiger partial charge in [-0.15, -0.1) is 11.6 Å². The molecule has 0 aliphatic heterocycles. The second-order valence-corrected chi connectivity index (χ2v) is 4.54. The van der Waals surface area contributed by atoms with E-state index in [0.717, 1.165) is 22.8 Å². The summed E-state index contributed by atoms with van der Waals surface area (Å²) in [6.45, 7) is 2.64. The molecule has 3 nitrogen and oxygen atoms in total. The van der Waals surface area contributed by atoms with Crippen LogP contribution >= 0.6 is 11.6 Å². The summed E-state index contributed by atoms with van der Waals surface area (Å²) in [5, 5.41) is 4.06. The third-order valence-corrected chi connectivity index (χ3v) is 3.18. The number of hydrogen-bond donors (Lipinski definition) is 1. The molecular formula is C14H15ClN2O. The number of rotatable bonds is 4. The highest BCUT2D eigenvalue weighted by molar-refractivity contribution is 6.31. The van der Waals surface area contributed by atoms with Gasteiger partial charge in [-0.3, -0.25) is 9.78 Å². The Kier molecular flexibility index (Phi) is 4.15. The van der Waals surface area contributed by atoms with E-state index in [0.29, 0.717) is 6.54 Å². The summed E-state index contributed by atoms with van der Waals surface area (Å²) < 4.78 is 0. The van der Waals surface area contributed by atoms with Crippen molar-refractivity contribution in [1.82, 2.24) is 10.3 Å². The summed E-state index contributed by atoms with van der Waals surface area (Å²) in [5.41, 5.74) is 0.753. The van der Waals surface area contributed by atoms with Crippen molar-refractivity contribution in [3.63, 3.8) is 0 Å². The van der Waals surface area contributed by atoms with Crippen LogP contribution in [0, 0.1) is 0 Å². The number of fused-ring (bicyclic) bond motifs is 1. The zero-order chi connectivity index (χ0) is 13.0. The van der Waals surface area contributed by atoms with Crippen molar-refractivity contribution in [2.24, 2.45) is 0 Å². The molecule has 4 heteroatoms. The van der Waals surface area contributed by atoms with Crippen LogP contribution in [0.1, 0.15) is 24.3 Å². The SMILES string of the molecule is CCCNC(=O)C(Cl)c1cncc2ccccc12. The molecule has 2 rings (SSSR count). The van der Waals surface area contributed by atoms with E-state index >= 15 is 0 Å². The quantitative estimate of drug-likeness (QED) is 0.861. The Labute approximate surface area is 111 Å². The normalized spacial score (nSPS) is 12.3. The van der Waals surface area contributed by atoms with Crippen molar-refractivity contribution in [3.8, 4) is 0 Å². The summed E-state index contributed by atoms with van der Waals surface area (Å²) in [5.74, 6) is -0.170. The number of nitrogens with one attached hydrogen (secondary N) is 1. The smallest absolute Gasteiger partial charge is 0.242 e. The molecule has 1 atom stereocenters. The van der Waals surface area contributed by atoms with Gasteiger partial charge in [-0.2, -0.15) is 0 Å². The molecule has 0 fully saturated rings. The van der Waals surface area contributed by atoms with Gasteiger partial charge in [0.25, 0.3) is 0 Å². The molecule has 1 unspecified atom stereocenters. The number of amides is 1. The van der Waals surface area contributed by atoms with Crippen molar-refractivity contribution in [2.45, 2.75) is 18.7 Å². The molecule has 0 saturated carbocycles. The lowest BCUT2D eigenvalue weighted by atomic mass is 10.0. The van der Waals surface area contributed by atoms with Gasteiger partial charge >= 0.3 is 0 Å². The van der Waals surface area contributed by atoms with Crippen molar-refractivity contribution >= 4 is 28.3 Å². The third-order valence-electron chi connectivity index (χ3n) is 2.75. The van der Waals surface area contributed by atoms with E-state index in [1.165, 1.54) is 0 Å². The van der Waals surface area contributed by atoms with Crippen molar-refractivity contribution < 1.29 is 4.79 Å². The molecule has 1 aromatic carbocycles. The Bertz CT molecular complexity index is 551. The molecule has 0 saturated heterocycles. The molecule has 18 heavy (non-hydrogen) atoms. The number of carbonyl (C=O) groups excluding carboxylic acids is 1. The number of alkyl halides is 1. The number of carbonyl (C=O) groups is 1. The van der Waals surface area contributed by atoms with Crippen LogP contribution in [-0.4, -0.2) is 17.4 Å². The van der Waals surface area contributed by atoms with Crippen LogP contribution in [0.4, 0.5) is 0 Å². The summed E-state index contributed by atoms with van der Waals surface area (Å²) in [6.07, 6.45) is 4.32. The fourth-order valence-corrected chi connectivity index (χ4v) is 2.07. The summed E-state index contributed by atoms with van der Waals surface area (Å²) in [6, 6.07) is 7.78. The van der Waals surface area contributed by atoms with Crippen molar-refractivity contribution in [3.05, 3.63) is 42.2 Å². The van der Waals surface area contributed by atoms with Crippen LogP contribution in [-0.2, 0) is 4.79 Å². The molecule has 0 aliphatic carbocycles. The minimum absolute atomic E-state index is 0.170. The monoisotopic (exact) mass is 262 g/mol. The largest absolute Gasteiger partial charge is 0.355 e. The van der Waals surface area contributed by atoms with Crippen molar-refractivity contribution in [1.29, 1.82) is 0 Å². The van der Waals surface area contributed by atoms with E-state index in [1.807, 2.05) is 31.2 Å². The Morgan fingerprint density at radius 2 is 2.17 bits per heavy atom. The zero-order valence-corrected chi connectivity index (χ0v) is 10.9. The highest BCUT2D eigenvalue weighted by Crippen LogP contribution is 2.27. The summed E-state index contributed by atoms with van der Waals surface area (Å²) >= 11 is 6.22. The lowest BCUT2D eigenvalue weighted by Gasteiger charge is -2.12. The van der Waals surface area contributed by atoms with Gasteiger partial charge < -0.3 is 5.32 Å². The Balaban J connectivity index is 2.32. The predicted octanol–water partition coefficient (Wildman–Crippen LogP) is 3.04. The first kappa shape index (κ1) is 12.8. The minimum Gasteiger partial charge on any atom is -0.355 e. The molecule has 0 radical (unpaired) electrons. The standard InChI is InChI=1S/C14H15ClN2O/c1-2-7-17-14(18)13(15)12-9-16-8-10-5-3-4-6-11(10)12/h3-6,8-9,13H,2,7H2,1H3,(H,17,18). The van der Waals surface area contributed by atoms with Crippen LogP contribution < -0.4 is 5.32 Å². The molecular weight excluding hydrogens is 248 g/mol. The first-order valence-electron chi connectivity index (χ1n) is 5.98. The zero-order valence-electron chi connectivity index (χ0n) is 10.2.